The second-order valence-electron chi connectivity index (χ2n) is 6.64. The molecule has 9 heteroatoms. The van der Waals surface area contributed by atoms with E-state index in [0.29, 0.717) is 32.1 Å². The highest BCUT2D eigenvalue weighted by atomic mass is 32.2. The number of benzene rings is 1. The summed E-state index contributed by atoms with van der Waals surface area (Å²) >= 11 is 0. The van der Waals surface area contributed by atoms with Crippen LogP contribution in [0.25, 0.3) is 0 Å². The lowest BCUT2D eigenvalue weighted by Gasteiger charge is -2.30. The fourth-order valence-electron chi connectivity index (χ4n) is 3.51. The molecule has 2 N–H and O–H groups in total. The second-order valence-corrected chi connectivity index (χ2v) is 8.20. The lowest BCUT2D eigenvalue weighted by molar-refractivity contribution is 0.0481. The van der Waals surface area contributed by atoms with E-state index in [1.54, 1.807) is 4.90 Å². The van der Waals surface area contributed by atoms with Gasteiger partial charge in [-0.1, -0.05) is 0 Å². The number of nitrogens with zero attached hydrogens (tertiary/aromatic N) is 2. The summed E-state index contributed by atoms with van der Waals surface area (Å²) in [7, 11) is -0.433. The minimum atomic E-state index is -3.91. The molecule has 2 aliphatic rings. The lowest BCUT2D eigenvalue weighted by Crippen LogP contribution is -2.46. The summed E-state index contributed by atoms with van der Waals surface area (Å²) < 4.78 is 34.3. The number of hydrogen-bond donors (Lipinski definition) is 1. The van der Waals surface area contributed by atoms with Crippen molar-refractivity contribution in [3.63, 3.8) is 0 Å². The summed E-state index contributed by atoms with van der Waals surface area (Å²) in [6, 6.07) is 3.99. The smallest absolute Gasteiger partial charge is 0.258 e. The van der Waals surface area contributed by atoms with Crippen LogP contribution < -0.4 is 9.88 Å². The molecule has 1 aromatic carbocycles. The third kappa shape index (κ3) is 3.79. The van der Waals surface area contributed by atoms with Gasteiger partial charge >= 0.3 is 0 Å². The fraction of sp³-hybridized carbons (Fsp3) is 0.562. The predicted octanol–water partition coefficient (Wildman–Crippen LogP) is -0.255. The van der Waals surface area contributed by atoms with E-state index in [4.69, 9.17) is 14.6 Å². The molecule has 2 atom stereocenters. The van der Waals surface area contributed by atoms with E-state index in [2.05, 4.69) is 4.90 Å². The summed E-state index contributed by atoms with van der Waals surface area (Å²) in [5.74, 6) is 0.275. The summed E-state index contributed by atoms with van der Waals surface area (Å²) in [4.78, 5) is 17.1. The summed E-state index contributed by atoms with van der Waals surface area (Å²) in [6.45, 7) is 3.20. The summed E-state index contributed by atoms with van der Waals surface area (Å²) in [6.07, 6.45) is 0. The van der Waals surface area contributed by atoms with Crippen molar-refractivity contribution < 1.29 is 22.7 Å². The molecule has 138 valence electrons. The van der Waals surface area contributed by atoms with Crippen molar-refractivity contribution >= 4 is 15.9 Å². The summed E-state index contributed by atoms with van der Waals surface area (Å²) in [5.41, 5.74) is 0.198. The zero-order valence-corrected chi connectivity index (χ0v) is 15.2. The van der Waals surface area contributed by atoms with Gasteiger partial charge in [0.25, 0.3) is 5.91 Å². The fourth-order valence-corrected chi connectivity index (χ4v) is 4.05. The average Bonchev–Trinajstić information content (AvgIpc) is 2.82. The number of methoxy groups -OCH3 is 1. The van der Waals surface area contributed by atoms with E-state index in [1.807, 2.05) is 7.05 Å². The Labute approximate surface area is 147 Å². The Morgan fingerprint density at radius 3 is 2.72 bits per heavy atom. The van der Waals surface area contributed by atoms with Gasteiger partial charge in [0.05, 0.1) is 36.8 Å². The van der Waals surface area contributed by atoms with Crippen LogP contribution >= 0.6 is 0 Å². The van der Waals surface area contributed by atoms with Gasteiger partial charge in [-0.2, -0.15) is 0 Å². The third-order valence-electron chi connectivity index (χ3n) is 4.64. The van der Waals surface area contributed by atoms with Crippen LogP contribution in [0.4, 0.5) is 0 Å². The Morgan fingerprint density at radius 2 is 2.04 bits per heavy atom. The van der Waals surface area contributed by atoms with Gasteiger partial charge in [0, 0.05) is 25.6 Å². The summed E-state index contributed by atoms with van der Waals surface area (Å²) in [5, 5.41) is 5.20. The zero-order valence-electron chi connectivity index (χ0n) is 14.3. The van der Waals surface area contributed by atoms with Gasteiger partial charge < -0.3 is 19.3 Å². The lowest BCUT2D eigenvalue weighted by atomic mass is 10.1. The molecular formula is C16H23N3O5S. The zero-order chi connectivity index (χ0) is 18.2. The van der Waals surface area contributed by atoms with Crippen molar-refractivity contribution in [3.8, 4) is 5.75 Å². The average molecular weight is 369 g/mol. The molecule has 8 nitrogen and oxygen atoms in total. The molecule has 0 aliphatic carbocycles. The van der Waals surface area contributed by atoms with Crippen LogP contribution in [-0.2, 0) is 14.8 Å². The maximum absolute atomic E-state index is 13.2. The number of carbonyl (C=O) groups excluding carboxylic acids is 1. The van der Waals surface area contributed by atoms with Crippen molar-refractivity contribution in [2.75, 3.05) is 47.0 Å². The van der Waals surface area contributed by atoms with Gasteiger partial charge in [-0.25, -0.2) is 13.6 Å². The number of amides is 1. The Bertz CT molecular complexity index is 767. The molecular weight excluding hydrogens is 346 g/mol. The molecule has 0 saturated carbocycles. The monoisotopic (exact) mass is 369 g/mol. The maximum Gasteiger partial charge on any atom is 0.258 e. The van der Waals surface area contributed by atoms with Crippen LogP contribution in [-0.4, -0.2) is 77.2 Å². The highest BCUT2D eigenvalue weighted by Crippen LogP contribution is 2.27. The first-order valence-electron chi connectivity index (χ1n) is 8.07. The van der Waals surface area contributed by atoms with Crippen LogP contribution in [0, 0.1) is 5.92 Å². The third-order valence-corrected chi connectivity index (χ3v) is 5.55. The molecule has 0 aromatic heterocycles. The van der Waals surface area contributed by atoms with Crippen molar-refractivity contribution in [2.45, 2.75) is 10.9 Å². The standard InChI is InChI=1S/C16H23N3O5S/c1-18-6-11-7-19(12(8-18)10-24-9-11)16(20)14-5-13(25(17,21)22)3-4-15(14)23-2/h3-5,11-12H,6-10H2,1-2H3,(H2,17,21,22)/t11-,12-/m0/s1. The molecule has 1 amide bonds. The number of primary sulfonamides is 1. The minimum Gasteiger partial charge on any atom is -0.496 e. The molecule has 2 bridgehead atoms. The Morgan fingerprint density at radius 1 is 1.28 bits per heavy atom. The highest BCUT2D eigenvalue weighted by molar-refractivity contribution is 7.89. The number of carbonyl (C=O) groups is 1. The van der Waals surface area contributed by atoms with Crippen LogP contribution in [0.3, 0.4) is 0 Å². The first-order chi connectivity index (χ1) is 11.8. The molecule has 25 heavy (non-hydrogen) atoms. The van der Waals surface area contributed by atoms with E-state index < -0.39 is 10.0 Å². The van der Waals surface area contributed by atoms with Crippen LogP contribution in [0.15, 0.2) is 23.1 Å². The molecule has 3 rings (SSSR count). The SMILES string of the molecule is COc1ccc(S(N)(=O)=O)cc1C(=O)N1C[C@H]2COC[C@@H]1CN(C)C2. The molecule has 2 fully saturated rings. The van der Waals surface area contributed by atoms with E-state index in [1.165, 1.54) is 25.3 Å². The van der Waals surface area contributed by atoms with Crippen LogP contribution in [0.1, 0.15) is 10.4 Å². The maximum atomic E-state index is 13.2. The molecule has 0 spiro atoms. The molecule has 0 radical (unpaired) electrons. The molecule has 2 saturated heterocycles. The van der Waals surface area contributed by atoms with Crippen LogP contribution in [0.2, 0.25) is 0 Å². The van der Waals surface area contributed by atoms with Gasteiger partial charge in [-0.3, -0.25) is 4.79 Å². The van der Waals surface area contributed by atoms with Gasteiger partial charge in [0.1, 0.15) is 5.75 Å². The van der Waals surface area contributed by atoms with Crippen molar-refractivity contribution in [1.29, 1.82) is 0 Å². The second kappa shape index (κ2) is 6.91. The number of sulfonamides is 1. The molecule has 2 aliphatic heterocycles. The van der Waals surface area contributed by atoms with Crippen LogP contribution in [0.5, 0.6) is 5.75 Å². The largest absolute Gasteiger partial charge is 0.496 e. The minimum absolute atomic E-state index is 0.0900. The Kier molecular flexibility index (Phi) is 5.01. The molecule has 2 heterocycles. The number of rotatable bonds is 3. The van der Waals surface area contributed by atoms with Crippen molar-refractivity contribution in [3.05, 3.63) is 23.8 Å². The van der Waals surface area contributed by atoms with Gasteiger partial charge in [0.15, 0.2) is 0 Å². The van der Waals surface area contributed by atoms with Gasteiger partial charge in [-0.05, 0) is 25.2 Å². The van der Waals surface area contributed by atoms with E-state index in [-0.39, 0.29) is 28.3 Å². The number of nitrogens with two attached hydrogens (primary N) is 1. The van der Waals surface area contributed by atoms with Crippen molar-refractivity contribution in [2.24, 2.45) is 11.1 Å². The van der Waals surface area contributed by atoms with Gasteiger partial charge in [0.2, 0.25) is 10.0 Å². The van der Waals surface area contributed by atoms with Gasteiger partial charge in [-0.15, -0.1) is 0 Å². The Balaban J connectivity index is 1.99. The quantitative estimate of drug-likeness (QED) is 0.788. The number of hydrogen-bond acceptors (Lipinski definition) is 6. The van der Waals surface area contributed by atoms with E-state index >= 15 is 0 Å². The number of likely N-dealkylation sites (N-methyl/N-ethyl adjacent to an activating group) is 1. The Hall–Kier alpha value is -1.68. The van der Waals surface area contributed by atoms with E-state index in [0.717, 1.165) is 6.54 Å². The predicted molar refractivity (Wildman–Crippen MR) is 91.0 cm³/mol. The molecule has 1 aromatic rings. The molecule has 0 unspecified atom stereocenters. The van der Waals surface area contributed by atoms with Crippen molar-refractivity contribution in [1.82, 2.24) is 9.80 Å². The first-order valence-corrected chi connectivity index (χ1v) is 9.62. The normalized spacial score (nSPS) is 24.7. The number of fused-ring (bicyclic) bond motifs is 3. The highest BCUT2D eigenvalue weighted by Gasteiger charge is 2.36. The van der Waals surface area contributed by atoms with E-state index in [9.17, 15) is 13.2 Å². The first kappa shape index (κ1) is 18.1. The number of ether oxygens (including phenoxy) is 2. The topological polar surface area (TPSA) is 102 Å².